The molecule has 1 heterocycles. The molecule has 3 unspecified atom stereocenters. The number of carboxylic acid groups (broad SMARTS) is 1. The van der Waals surface area contributed by atoms with Gasteiger partial charge in [0.05, 0.1) is 10.5 Å². The Morgan fingerprint density at radius 3 is 2.60 bits per heavy atom. The molecule has 1 saturated heterocycles. The highest BCUT2D eigenvalue weighted by molar-refractivity contribution is 8.17. The van der Waals surface area contributed by atoms with E-state index in [4.69, 9.17) is 0 Å². The van der Waals surface area contributed by atoms with Crippen LogP contribution in [0, 0.1) is 17.8 Å². The maximum Gasteiger partial charge on any atom is 0.307 e. The molecular weight excluding hydrogens is 228 g/mol. The van der Waals surface area contributed by atoms with Gasteiger partial charge in [-0.2, -0.15) is 0 Å². The lowest BCUT2D eigenvalue weighted by molar-refractivity contribution is -0.143. The van der Waals surface area contributed by atoms with Gasteiger partial charge in [0.1, 0.15) is 0 Å². The highest BCUT2D eigenvalue weighted by Crippen LogP contribution is 2.44. The van der Waals surface area contributed by atoms with E-state index in [-0.39, 0.29) is 17.8 Å². The van der Waals surface area contributed by atoms with Crippen molar-refractivity contribution in [2.45, 2.75) is 17.9 Å². The first-order valence-electron chi connectivity index (χ1n) is 5.34. The number of hydrogen-bond donors (Lipinski definition) is 1. The first kappa shape index (κ1) is 11.4. The monoisotopic (exact) mass is 244 g/mol. The van der Waals surface area contributed by atoms with Crippen molar-refractivity contribution in [3.05, 3.63) is 12.2 Å². The summed E-state index contributed by atoms with van der Waals surface area (Å²) in [5, 5.41) is 9.23. The van der Waals surface area contributed by atoms with Crippen molar-refractivity contribution in [3.8, 4) is 0 Å². The van der Waals surface area contributed by atoms with Gasteiger partial charge in [0.2, 0.25) is 0 Å². The van der Waals surface area contributed by atoms with E-state index < -0.39 is 5.97 Å². The Hall–Kier alpha value is -0.0900. The average molecular weight is 244 g/mol. The summed E-state index contributed by atoms with van der Waals surface area (Å²) in [7, 11) is 0. The summed E-state index contributed by atoms with van der Waals surface area (Å²) in [4.78, 5) is 11.2. The molecular formula is C11H16O2S2. The standard InChI is InChI=1S/C11H16O2S2/c1-7-3-4-8(9(7)10(12)13)11-14-5-2-6-15-11/h3-4,7-9,11H,2,5-6H2,1H3,(H,12,13). The number of allylic oxidation sites excluding steroid dienone is 2. The van der Waals surface area contributed by atoms with Crippen LogP contribution in [0.4, 0.5) is 0 Å². The Labute approximate surface area is 98.9 Å². The fraction of sp³-hybridized carbons (Fsp3) is 0.727. The van der Waals surface area contributed by atoms with Crippen molar-refractivity contribution in [2.24, 2.45) is 17.8 Å². The van der Waals surface area contributed by atoms with Gasteiger partial charge in [0.25, 0.3) is 0 Å². The molecule has 0 amide bonds. The van der Waals surface area contributed by atoms with E-state index in [9.17, 15) is 9.90 Å². The molecule has 1 aliphatic carbocycles. The highest BCUT2D eigenvalue weighted by Gasteiger charge is 2.40. The van der Waals surface area contributed by atoms with Crippen molar-refractivity contribution in [3.63, 3.8) is 0 Å². The minimum absolute atomic E-state index is 0.190. The lowest BCUT2D eigenvalue weighted by atomic mass is 9.90. The summed E-state index contributed by atoms with van der Waals surface area (Å²) in [5.41, 5.74) is 0. The van der Waals surface area contributed by atoms with Gasteiger partial charge in [-0.15, -0.1) is 23.5 Å². The summed E-state index contributed by atoms with van der Waals surface area (Å²) in [6.45, 7) is 2.01. The third-order valence-corrected chi connectivity index (χ3v) is 6.22. The molecule has 0 aromatic rings. The Kier molecular flexibility index (Phi) is 3.67. The zero-order valence-electron chi connectivity index (χ0n) is 8.76. The topological polar surface area (TPSA) is 37.3 Å². The van der Waals surface area contributed by atoms with Crippen molar-refractivity contribution >= 4 is 29.5 Å². The molecule has 84 valence electrons. The molecule has 2 aliphatic rings. The summed E-state index contributed by atoms with van der Waals surface area (Å²) < 4.78 is 0.459. The van der Waals surface area contributed by atoms with Gasteiger partial charge < -0.3 is 5.11 Å². The fourth-order valence-corrected chi connectivity index (χ4v) is 5.47. The van der Waals surface area contributed by atoms with E-state index in [1.165, 1.54) is 17.9 Å². The Morgan fingerprint density at radius 1 is 1.33 bits per heavy atom. The summed E-state index contributed by atoms with van der Waals surface area (Å²) in [6, 6.07) is 0. The molecule has 2 rings (SSSR count). The summed E-state index contributed by atoms with van der Waals surface area (Å²) >= 11 is 3.86. The quantitative estimate of drug-likeness (QED) is 0.758. The lowest BCUT2D eigenvalue weighted by Gasteiger charge is -2.29. The van der Waals surface area contributed by atoms with Crippen LogP contribution in [0.3, 0.4) is 0 Å². The predicted molar refractivity (Wildman–Crippen MR) is 66.2 cm³/mol. The van der Waals surface area contributed by atoms with Crippen LogP contribution < -0.4 is 0 Å². The van der Waals surface area contributed by atoms with Gasteiger partial charge in [0.15, 0.2) is 0 Å². The lowest BCUT2D eigenvalue weighted by Crippen LogP contribution is -2.30. The number of thioether (sulfide) groups is 2. The third kappa shape index (κ3) is 2.36. The van der Waals surface area contributed by atoms with Crippen LogP contribution in [0.1, 0.15) is 13.3 Å². The number of rotatable bonds is 2. The third-order valence-electron chi connectivity index (χ3n) is 3.07. The molecule has 1 N–H and O–H groups in total. The van der Waals surface area contributed by atoms with E-state index in [2.05, 4.69) is 12.2 Å². The van der Waals surface area contributed by atoms with Gasteiger partial charge >= 0.3 is 5.97 Å². The van der Waals surface area contributed by atoms with E-state index in [1.54, 1.807) is 0 Å². The minimum atomic E-state index is -0.635. The van der Waals surface area contributed by atoms with Gasteiger partial charge in [-0.25, -0.2) is 0 Å². The van der Waals surface area contributed by atoms with Crippen molar-refractivity contribution in [2.75, 3.05) is 11.5 Å². The molecule has 15 heavy (non-hydrogen) atoms. The second-order valence-electron chi connectivity index (χ2n) is 4.15. The molecule has 0 radical (unpaired) electrons. The summed E-state index contributed by atoms with van der Waals surface area (Å²) in [5.74, 6) is 1.95. The Balaban J connectivity index is 2.06. The highest BCUT2D eigenvalue weighted by atomic mass is 32.2. The van der Waals surface area contributed by atoms with Crippen molar-refractivity contribution in [1.29, 1.82) is 0 Å². The number of carboxylic acids is 1. The SMILES string of the molecule is CC1C=CC(C2SCCCS2)C1C(=O)O. The van der Waals surface area contributed by atoms with Crippen LogP contribution in [0.2, 0.25) is 0 Å². The normalized spacial score (nSPS) is 37.0. The van der Waals surface area contributed by atoms with Gasteiger partial charge in [-0.3, -0.25) is 4.79 Å². The van der Waals surface area contributed by atoms with Gasteiger partial charge in [-0.05, 0) is 23.8 Å². The van der Waals surface area contributed by atoms with Crippen LogP contribution in [-0.2, 0) is 4.79 Å². The van der Waals surface area contributed by atoms with Crippen molar-refractivity contribution < 1.29 is 9.90 Å². The van der Waals surface area contributed by atoms with Gasteiger partial charge in [0, 0.05) is 5.92 Å². The molecule has 0 spiro atoms. The largest absolute Gasteiger partial charge is 0.481 e. The zero-order valence-corrected chi connectivity index (χ0v) is 10.4. The van der Waals surface area contributed by atoms with Crippen molar-refractivity contribution in [1.82, 2.24) is 0 Å². The first-order valence-corrected chi connectivity index (χ1v) is 7.44. The Bertz CT molecular complexity index is 272. The maximum atomic E-state index is 11.2. The first-order chi connectivity index (χ1) is 7.20. The maximum absolute atomic E-state index is 11.2. The smallest absolute Gasteiger partial charge is 0.307 e. The molecule has 2 nitrogen and oxygen atoms in total. The van der Waals surface area contributed by atoms with Crippen LogP contribution in [0.5, 0.6) is 0 Å². The molecule has 0 aromatic heterocycles. The van der Waals surface area contributed by atoms with E-state index in [1.807, 2.05) is 30.4 Å². The molecule has 0 aromatic carbocycles. The summed E-state index contributed by atoms with van der Waals surface area (Å²) in [6.07, 6.45) is 5.45. The molecule has 3 atom stereocenters. The second-order valence-corrected chi connectivity index (χ2v) is 6.95. The number of carbonyl (C=O) groups is 1. The Morgan fingerprint density at radius 2 is 2.00 bits per heavy atom. The van der Waals surface area contributed by atoms with E-state index in [0.717, 1.165) is 0 Å². The van der Waals surface area contributed by atoms with Gasteiger partial charge in [-0.1, -0.05) is 19.1 Å². The molecule has 0 saturated carbocycles. The second kappa shape index (κ2) is 4.83. The number of hydrogen-bond acceptors (Lipinski definition) is 3. The average Bonchev–Trinajstić information content (AvgIpc) is 2.61. The van der Waals surface area contributed by atoms with Crippen LogP contribution in [0.15, 0.2) is 12.2 Å². The zero-order chi connectivity index (χ0) is 10.8. The van der Waals surface area contributed by atoms with Crippen LogP contribution in [0.25, 0.3) is 0 Å². The van der Waals surface area contributed by atoms with E-state index in [0.29, 0.717) is 4.58 Å². The molecule has 1 aliphatic heterocycles. The van der Waals surface area contributed by atoms with E-state index >= 15 is 0 Å². The predicted octanol–water partition coefficient (Wildman–Crippen LogP) is 2.71. The number of aliphatic carboxylic acids is 1. The molecule has 0 bridgehead atoms. The fourth-order valence-electron chi connectivity index (χ4n) is 2.27. The van der Waals surface area contributed by atoms with Crippen LogP contribution >= 0.6 is 23.5 Å². The van der Waals surface area contributed by atoms with Crippen LogP contribution in [-0.4, -0.2) is 27.2 Å². The minimum Gasteiger partial charge on any atom is -0.481 e. The molecule has 1 fully saturated rings. The molecule has 4 heteroatoms.